The van der Waals surface area contributed by atoms with Crippen LogP contribution < -0.4 is 0 Å². The molecule has 0 aliphatic carbocycles. The largest absolute Gasteiger partial charge is 0.264 e. The molecule has 27 heavy (non-hydrogen) atoms. The Morgan fingerprint density at radius 1 is 1.00 bits per heavy atom. The topological polar surface area (TPSA) is 36.7 Å². The predicted molar refractivity (Wildman–Crippen MR) is 109 cm³/mol. The number of halogens is 1. The van der Waals surface area contributed by atoms with E-state index in [1.807, 2.05) is 60.7 Å². The van der Waals surface area contributed by atoms with Crippen molar-refractivity contribution in [2.75, 3.05) is 0 Å². The summed E-state index contributed by atoms with van der Waals surface area (Å²) in [6, 6.07) is 21.9. The molecule has 2 aromatic carbocycles. The number of hydrogen-bond acceptors (Lipinski definition) is 2. The van der Waals surface area contributed by atoms with Gasteiger partial charge in [-0.2, -0.15) is 5.26 Å². The highest BCUT2D eigenvalue weighted by Gasteiger charge is 2.25. The van der Waals surface area contributed by atoms with E-state index in [2.05, 4.69) is 29.8 Å². The lowest BCUT2D eigenvalue weighted by Crippen LogP contribution is -2.10. The fourth-order valence-corrected chi connectivity index (χ4v) is 3.48. The molecule has 2 atom stereocenters. The van der Waals surface area contributed by atoms with E-state index in [0.29, 0.717) is 5.02 Å². The Bertz CT molecular complexity index is 995. The molecule has 3 heteroatoms. The van der Waals surface area contributed by atoms with E-state index in [1.54, 1.807) is 12.4 Å². The van der Waals surface area contributed by atoms with E-state index in [9.17, 15) is 5.26 Å². The van der Waals surface area contributed by atoms with E-state index in [-0.39, 0.29) is 11.8 Å². The van der Waals surface area contributed by atoms with Crippen LogP contribution in [-0.2, 0) is 0 Å². The third-order valence-corrected chi connectivity index (χ3v) is 4.88. The molecular formula is C24H19ClN2. The van der Waals surface area contributed by atoms with E-state index in [0.717, 1.165) is 28.7 Å². The van der Waals surface area contributed by atoms with E-state index >= 15 is 0 Å². The molecule has 0 spiro atoms. The van der Waals surface area contributed by atoms with Gasteiger partial charge in [0.1, 0.15) is 0 Å². The molecule has 0 bridgehead atoms. The fraction of sp³-hybridized carbons (Fsp3) is 0.167. The Labute approximate surface area is 165 Å². The molecule has 1 heterocycles. The summed E-state index contributed by atoms with van der Waals surface area (Å²) in [4.78, 5) is 4.15. The van der Waals surface area contributed by atoms with Crippen LogP contribution in [0, 0.1) is 23.2 Å². The number of aromatic nitrogens is 1. The maximum Gasteiger partial charge on any atom is 0.0796 e. The Kier molecular flexibility index (Phi) is 6.26. The van der Waals surface area contributed by atoms with Crippen molar-refractivity contribution in [2.45, 2.75) is 25.2 Å². The summed E-state index contributed by atoms with van der Waals surface area (Å²) in [5.41, 5.74) is 3.71. The molecule has 0 aliphatic rings. The Morgan fingerprint density at radius 2 is 1.78 bits per heavy atom. The quantitative estimate of drug-likeness (QED) is 0.533. The third-order valence-electron chi connectivity index (χ3n) is 4.55. The van der Waals surface area contributed by atoms with Crippen LogP contribution in [0.1, 0.15) is 47.4 Å². The fourth-order valence-electron chi connectivity index (χ4n) is 3.16. The van der Waals surface area contributed by atoms with E-state index in [4.69, 9.17) is 11.6 Å². The summed E-state index contributed by atoms with van der Waals surface area (Å²) in [6.45, 7) is 2.07. The number of rotatable bonds is 4. The van der Waals surface area contributed by atoms with Crippen LogP contribution in [0.3, 0.4) is 0 Å². The van der Waals surface area contributed by atoms with Gasteiger partial charge in [0.25, 0.3) is 0 Å². The highest BCUT2D eigenvalue weighted by molar-refractivity contribution is 6.31. The molecule has 1 aromatic heterocycles. The van der Waals surface area contributed by atoms with Crippen molar-refractivity contribution >= 4 is 11.6 Å². The summed E-state index contributed by atoms with van der Waals surface area (Å²) in [5, 5.41) is 10.4. The van der Waals surface area contributed by atoms with Gasteiger partial charge in [-0.15, -0.1) is 0 Å². The molecule has 0 fully saturated rings. The average Bonchev–Trinajstić information content (AvgIpc) is 2.72. The van der Waals surface area contributed by atoms with Crippen LogP contribution in [0.5, 0.6) is 0 Å². The summed E-state index contributed by atoms with van der Waals surface area (Å²) in [6.07, 6.45) is 4.28. The van der Waals surface area contributed by atoms with Gasteiger partial charge in [0.15, 0.2) is 0 Å². The van der Waals surface area contributed by atoms with Gasteiger partial charge in [-0.05, 0) is 47.9 Å². The lowest BCUT2D eigenvalue weighted by Gasteiger charge is -2.22. The van der Waals surface area contributed by atoms with Crippen LogP contribution in [0.15, 0.2) is 73.1 Å². The van der Waals surface area contributed by atoms with Crippen molar-refractivity contribution in [1.82, 2.24) is 4.98 Å². The number of pyridine rings is 1. The average molecular weight is 371 g/mol. The van der Waals surface area contributed by atoms with Gasteiger partial charge in [0, 0.05) is 34.5 Å². The predicted octanol–water partition coefficient (Wildman–Crippen LogP) is 5.94. The Morgan fingerprint density at radius 3 is 2.41 bits per heavy atom. The maximum absolute atomic E-state index is 9.75. The summed E-state index contributed by atoms with van der Waals surface area (Å²) >= 11 is 6.58. The van der Waals surface area contributed by atoms with Crippen LogP contribution in [-0.4, -0.2) is 4.98 Å². The van der Waals surface area contributed by atoms with Crippen molar-refractivity contribution in [2.24, 2.45) is 0 Å². The number of hydrogen-bond donors (Lipinski definition) is 0. The number of nitrogens with zero attached hydrogens (tertiary/aromatic N) is 2. The zero-order valence-corrected chi connectivity index (χ0v) is 15.8. The minimum Gasteiger partial charge on any atom is -0.264 e. The molecule has 2 unspecified atom stereocenters. The minimum absolute atomic E-state index is 0.00262. The van der Waals surface area contributed by atoms with E-state index in [1.165, 1.54) is 0 Å². The van der Waals surface area contributed by atoms with Crippen molar-refractivity contribution in [3.8, 4) is 17.9 Å². The number of nitriles is 1. The van der Waals surface area contributed by atoms with E-state index < -0.39 is 0 Å². The molecule has 0 saturated carbocycles. The third kappa shape index (κ3) is 4.56. The van der Waals surface area contributed by atoms with Gasteiger partial charge in [0.05, 0.1) is 12.0 Å². The molecule has 0 saturated heterocycles. The van der Waals surface area contributed by atoms with Crippen molar-refractivity contribution < 1.29 is 0 Å². The Balaban J connectivity index is 1.90. The van der Waals surface area contributed by atoms with Crippen LogP contribution >= 0.6 is 11.6 Å². The normalized spacial score (nSPS) is 12.3. The first-order valence-electron chi connectivity index (χ1n) is 8.89. The van der Waals surface area contributed by atoms with Gasteiger partial charge in [-0.3, -0.25) is 4.98 Å². The summed E-state index contributed by atoms with van der Waals surface area (Å²) < 4.78 is 0. The molecule has 3 rings (SSSR count). The zero-order chi connectivity index (χ0) is 19.1. The van der Waals surface area contributed by atoms with Crippen molar-refractivity contribution in [3.05, 3.63) is 100 Å². The Hall–Kier alpha value is -3.07. The summed E-state index contributed by atoms with van der Waals surface area (Å²) in [7, 11) is 0. The molecule has 0 radical (unpaired) electrons. The molecule has 0 N–H and O–H groups in total. The monoisotopic (exact) mass is 370 g/mol. The van der Waals surface area contributed by atoms with Gasteiger partial charge in [-0.1, -0.05) is 60.7 Å². The van der Waals surface area contributed by atoms with Crippen molar-refractivity contribution in [3.63, 3.8) is 0 Å². The van der Waals surface area contributed by atoms with Gasteiger partial charge in [0.2, 0.25) is 0 Å². The standard InChI is InChI=1S/C24H19ClN2/c1-2-21(23(16-26)20-9-6-14-27-17-20)22-13-12-19(15-24(22)25)11-10-18-7-4-3-5-8-18/h3-9,12-15,17,21,23H,2H2,1H3. The second-order valence-electron chi connectivity index (χ2n) is 6.26. The summed E-state index contributed by atoms with van der Waals surface area (Å²) in [5.74, 6) is 6.01. The van der Waals surface area contributed by atoms with Gasteiger partial charge < -0.3 is 0 Å². The van der Waals surface area contributed by atoms with Gasteiger partial charge in [-0.25, -0.2) is 0 Å². The lowest BCUT2D eigenvalue weighted by molar-refractivity contribution is 0.606. The first kappa shape index (κ1) is 18.7. The molecular weight excluding hydrogens is 352 g/mol. The van der Waals surface area contributed by atoms with Gasteiger partial charge >= 0.3 is 0 Å². The minimum atomic E-state index is -0.289. The first-order valence-corrected chi connectivity index (χ1v) is 9.26. The molecule has 0 aliphatic heterocycles. The lowest BCUT2D eigenvalue weighted by atomic mass is 9.81. The number of benzene rings is 2. The molecule has 0 amide bonds. The first-order chi connectivity index (χ1) is 13.2. The highest BCUT2D eigenvalue weighted by atomic mass is 35.5. The maximum atomic E-state index is 9.75. The SMILES string of the molecule is CCC(c1ccc(C#Cc2ccccc2)cc1Cl)C(C#N)c1cccnc1. The van der Waals surface area contributed by atoms with Crippen LogP contribution in [0.2, 0.25) is 5.02 Å². The second kappa shape index (κ2) is 9.04. The second-order valence-corrected chi connectivity index (χ2v) is 6.67. The molecule has 2 nitrogen and oxygen atoms in total. The van der Waals surface area contributed by atoms with Crippen LogP contribution in [0.25, 0.3) is 0 Å². The van der Waals surface area contributed by atoms with Crippen LogP contribution in [0.4, 0.5) is 0 Å². The van der Waals surface area contributed by atoms with Crippen molar-refractivity contribution in [1.29, 1.82) is 5.26 Å². The zero-order valence-electron chi connectivity index (χ0n) is 15.1. The molecule has 3 aromatic rings. The smallest absolute Gasteiger partial charge is 0.0796 e. The molecule has 132 valence electrons. The highest BCUT2D eigenvalue weighted by Crippen LogP contribution is 2.38.